The van der Waals surface area contributed by atoms with Gasteiger partial charge in [-0.25, -0.2) is 0 Å². The fraction of sp³-hybridized carbons (Fsp3) is 0.857. The highest BCUT2D eigenvalue weighted by molar-refractivity contribution is 5.81. The van der Waals surface area contributed by atoms with Crippen molar-refractivity contribution >= 4 is 11.9 Å². The molecule has 3 heterocycles. The van der Waals surface area contributed by atoms with Gasteiger partial charge in [-0.1, -0.05) is 0 Å². The molecule has 1 amide bonds. The zero-order valence-electron chi connectivity index (χ0n) is 11.2. The van der Waals surface area contributed by atoms with Crippen LogP contribution in [-0.2, 0) is 9.59 Å². The predicted octanol–water partition coefficient (Wildman–Crippen LogP) is 0.698. The lowest BCUT2D eigenvalue weighted by Gasteiger charge is -2.45. The van der Waals surface area contributed by atoms with Crippen LogP contribution in [0.5, 0.6) is 0 Å². The van der Waals surface area contributed by atoms with Gasteiger partial charge < -0.3 is 15.3 Å². The number of rotatable bonds is 3. The molecule has 19 heavy (non-hydrogen) atoms. The molecule has 4 aliphatic rings. The van der Waals surface area contributed by atoms with Crippen LogP contribution in [0.3, 0.4) is 0 Å². The monoisotopic (exact) mass is 266 g/mol. The second-order valence-corrected chi connectivity index (χ2v) is 6.30. The van der Waals surface area contributed by atoms with Crippen LogP contribution in [0.25, 0.3) is 0 Å². The van der Waals surface area contributed by atoms with E-state index in [2.05, 4.69) is 10.2 Å². The van der Waals surface area contributed by atoms with Gasteiger partial charge in [0.15, 0.2) is 0 Å². The van der Waals surface area contributed by atoms with Crippen LogP contribution in [0.15, 0.2) is 0 Å². The van der Waals surface area contributed by atoms with Crippen LogP contribution in [0.4, 0.5) is 0 Å². The topological polar surface area (TPSA) is 69.6 Å². The van der Waals surface area contributed by atoms with Crippen LogP contribution < -0.4 is 5.32 Å². The Morgan fingerprint density at radius 1 is 1.05 bits per heavy atom. The zero-order chi connectivity index (χ0) is 13.4. The summed E-state index contributed by atoms with van der Waals surface area (Å²) in [5.74, 6) is -0.440. The summed E-state index contributed by atoms with van der Waals surface area (Å²) in [7, 11) is 0. The van der Waals surface area contributed by atoms with Gasteiger partial charge in [-0.3, -0.25) is 9.59 Å². The molecule has 3 aliphatic heterocycles. The first-order valence-corrected chi connectivity index (χ1v) is 7.39. The van der Waals surface area contributed by atoms with Gasteiger partial charge >= 0.3 is 5.97 Å². The van der Waals surface area contributed by atoms with Crippen LogP contribution in [0.1, 0.15) is 32.1 Å². The molecule has 5 heteroatoms. The molecule has 0 spiro atoms. The standard InChI is InChI=1S/C14H22N2O3/c17-13(10-1-2-11(7-10)14(18)19)15-12-8-16-5-3-9(12)4-6-16/h9-12H,1-8H2,(H,15,17)(H,18,19). The van der Waals surface area contributed by atoms with Crippen molar-refractivity contribution in [2.45, 2.75) is 38.1 Å². The highest BCUT2D eigenvalue weighted by atomic mass is 16.4. The number of carboxylic acid groups (broad SMARTS) is 1. The van der Waals surface area contributed by atoms with Crippen molar-refractivity contribution in [3.8, 4) is 0 Å². The van der Waals surface area contributed by atoms with E-state index in [9.17, 15) is 9.59 Å². The number of carboxylic acids is 1. The third-order valence-electron chi connectivity index (χ3n) is 5.14. The molecule has 0 aromatic carbocycles. The Hall–Kier alpha value is -1.10. The summed E-state index contributed by atoms with van der Waals surface area (Å²) < 4.78 is 0. The molecule has 5 nitrogen and oxygen atoms in total. The minimum absolute atomic E-state index is 0.0856. The van der Waals surface area contributed by atoms with E-state index in [1.54, 1.807) is 0 Å². The maximum absolute atomic E-state index is 12.2. The molecule has 106 valence electrons. The minimum atomic E-state index is -0.752. The van der Waals surface area contributed by atoms with E-state index in [0.29, 0.717) is 24.8 Å². The fourth-order valence-electron chi connectivity index (χ4n) is 3.87. The van der Waals surface area contributed by atoms with E-state index < -0.39 is 5.97 Å². The predicted molar refractivity (Wildman–Crippen MR) is 69.6 cm³/mol. The molecule has 1 aliphatic carbocycles. The van der Waals surface area contributed by atoms with Gasteiger partial charge in [0, 0.05) is 18.5 Å². The molecule has 3 unspecified atom stereocenters. The van der Waals surface area contributed by atoms with Crippen molar-refractivity contribution in [1.82, 2.24) is 10.2 Å². The summed E-state index contributed by atoms with van der Waals surface area (Å²) in [6.45, 7) is 3.31. The molecule has 0 aromatic heterocycles. The van der Waals surface area contributed by atoms with E-state index >= 15 is 0 Å². The lowest BCUT2D eigenvalue weighted by Crippen LogP contribution is -2.57. The number of nitrogens with zero attached hydrogens (tertiary/aromatic N) is 1. The van der Waals surface area contributed by atoms with Crippen LogP contribution in [0.2, 0.25) is 0 Å². The van der Waals surface area contributed by atoms with E-state index in [-0.39, 0.29) is 17.7 Å². The Morgan fingerprint density at radius 3 is 2.26 bits per heavy atom. The van der Waals surface area contributed by atoms with Gasteiger partial charge in [0.2, 0.25) is 5.91 Å². The van der Waals surface area contributed by atoms with Crippen molar-refractivity contribution in [3.05, 3.63) is 0 Å². The Bertz CT molecular complexity index is 377. The van der Waals surface area contributed by atoms with Crippen molar-refractivity contribution in [2.75, 3.05) is 19.6 Å². The zero-order valence-corrected chi connectivity index (χ0v) is 11.2. The van der Waals surface area contributed by atoms with Crippen molar-refractivity contribution in [3.63, 3.8) is 0 Å². The maximum Gasteiger partial charge on any atom is 0.306 e. The van der Waals surface area contributed by atoms with Gasteiger partial charge in [-0.15, -0.1) is 0 Å². The first-order valence-electron chi connectivity index (χ1n) is 7.39. The number of nitrogens with one attached hydrogen (secondary N) is 1. The maximum atomic E-state index is 12.2. The molecule has 0 aromatic rings. The average molecular weight is 266 g/mol. The van der Waals surface area contributed by atoms with Gasteiger partial charge in [-0.2, -0.15) is 0 Å². The molecule has 2 N–H and O–H groups in total. The molecule has 4 rings (SSSR count). The summed E-state index contributed by atoms with van der Waals surface area (Å²) in [6.07, 6.45) is 4.26. The summed E-state index contributed by atoms with van der Waals surface area (Å²) in [5.41, 5.74) is 0. The molecule has 1 saturated carbocycles. The van der Waals surface area contributed by atoms with E-state index in [0.717, 1.165) is 13.0 Å². The molecule has 4 fully saturated rings. The first-order chi connectivity index (χ1) is 9.13. The second kappa shape index (κ2) is 5.12. The number of hydrogen-bond acceptors (Lipinski definition) is 3. The number of piperidine rings is 3. The third-order valence-corrected chi connectivity index (χ3v) is 5.14. The van der Waals surface area contributed by atoms with Crippen LogP contribution in [0, 0.1) is 17.8 Å². The van der Waals surface area contributed by atoms with Crippen LogP contribution in [-0.4, -0.2) is 47.6 Å². The fourth-order valence-corrected chi connectivity index (χ4v) is 3.87. The largest absolute Gasteiger partial charge is 0.481 e. The highest BCUT2D eigenvalue weighted by Gasteiger charge is 2.38. The molecule has 3 atom stereocenters. The van der Waals surface area contributed by atoms with Crippen LogP contribution >= 0.6 is 0 Å². The van der Waals surface area contributed by atoms with Crippen molar-refractivity contribution < 1.29 is 14.7 Å². The molecule has 0 radical (unpaired) electrons. The number of carbonyl (C=O) groups is 2. The summed E-state index contributed by atoms with van der Waals surface area (Å²) >= 11 is 0. The Kier molecular flexibility index (Phi) is 3.48. The lowest BCUT2D eigenvalue weighted by molar-refractivity contribution is -0.141. The Morgan fingerprint density at radius 2 is 1.74 bits per heavy atom. The number of fused-ring (bicyclic) bond motifs is 3. The SMILES string of the molecule is O=C(O)C1CCC(C(=O)NC2CN3CCC2CC3)C1. The third kappa shape index (κ3) is 2.61. The van der Waals surface area contributed by atoms with Gasteiger partial charge in [-0.05, 0) is 51.1 Å². The smallest absolute Gasteiger partial charge is 0.306 e. The van der Waals surface area contributed by atoms with E-state index in [1.165, 1.54) is 25.9 Å². The summed E-state index contributed by atoms with van der Waals surface area (Å²) in [4.78, 5) is 25.6. The van der Waals surface area contributed by atoms with Gasteiger partial charge in [0.25, 0.3) is 0 Å². The van der Waals surface area contributed by atoms with Crippen molar-refractivity contribution in [1.29, 1.82) is 0 Å². The Labute approximate surface area is 113 Å². The molecule has 2 bridgehead atoms. The number of aliphatic carboxylic acids is 1. The summed E-state index contributed by atoms with van der Waals surface area (Å²) in [6, 6.07) is 0.291. The summed E-state index contributed by atoms with van der Waals surface area (Å²) in [5, 5.41) is 12.2. The lowest BCUT2D eigenvalue weighted by atomic mass is 9.83. The first kappa shape index (κ1) is 12.9. The number of amides is 1. The highest BCUT2D eigenvalue weighted by Crippen LogP contribution is 2.32. The Balaban J connectivity index is 1.53. The second-order valence-electron chi connectivity index (χ2n) is 6.30. The quantitative estimate of drug-likeness (QED) is 0.789. The van der Waals surface area contributed by atoms with Gasteiger partial charge in [0.05, 0.1) is 5.92 Å². The average Bonchev–Trinajstić information content (AvgIpc) is 2.90. The van der Waals surface area contributed by atoms with E-state index in [4.69, 9.17) is 5.11 Å². The number of hydrogen-bond donors (Lipinski definition) is 2. The number of carbonyl (C=O) groups excluding carboxylic acids is 1. The van der Waals surface area contributed by atoms with E-state index in [1.807, 2.05) is 0 Å². The minimum Gasteiger partial charge on any atom is -0.481 e. The van der Waals surface area contributed by atoms with Gasteiger partial charge in [0.1, 0.15) is 0 Å². The molecule has 3 saturated heterocycles. The molecular weight excluding hydrogens is 244 g/mol. The molecular formula is C14H22N2O3. The normalized spacial score (nSPS) is 41.2. The van der Waals surface area contributed by atoms with Crippen molar-refractivity contribution in [2.24, 2.45) is 17.8 Å².